The molecule has 0 amide bonds. The summed E-state index contributed by atoms with van der Waals surface area (Å²) in [5, 5.41) is 8.27. The van der Waals surface area contributed by atoms with Crippen molar-refractivity contribution in [1.82, 2.24) is 10.2 Å². The number of nitrogens with two attached hydrogens (primary N) is 1. The van der Waals surface area contributed by atoms with E-state index in [4.69, 9.17) is 26.8 Å². The lowest BCUT2D eigenvalue weighted by molar-refractivity contribution is -0.141. The first-order valence-corrected chi connectivity index (χ1v) is 12.6. The number of aromatic nitrogens is 2. The first-order chi connectivity index (χ1) is 16.5. The number of nitrogens with zero attached hydrogens (tertiary/aromatic N) is 5. The molecule has 2 N–H and O–H groups in total. The Hall–Kier alpha value is -2.29. The van der Waals surface area contributed by atoms with Gasteiger partial charge in [0.15, 0.2) is 17.3 Å². The SMILES string of the molecule is COC(OC)C1CCN(c2cc(N3C4CCC3CN(c3cc(Cl)nnc3N)C4)ccc2C)CC1. The standard InChI is InChI=1S/C25H35ClN6O2/c1-16-4-5-18(12-21(16)30-10-8-17(9-11-30)25(33-2)34-3)32-19-6-7-20(32)15-31(14-19)22-13-23(26)28-29-24(22)27/h4-5,12-13,17,19-20,25H,6-11,14-15H2,1-3H3,(H2,27,29). The van der Waals surface area contributed by atoms with Crippen LogP contribution in [0.2, 0.25) is 5.15 Å². The molecule has 3 aliphatic heterocycles. The highest BCUT2D eigenvalue weighted by molar-refractivity contribution is 6.29. The van der Waals surface area contributed by atoms with Gasteiger partial charge in [-0.2, -0.15) is 0 Å². The van der Waals surface area contributed by atoms with Crippen molar-refractivity contribution in [1.29, 1.82) is 0 Å². The zero-order chi connectivity index (χ0) is 23.8. The number of nitrogen functional groups attached to an aromatic ring is 1. The maximum Gasteiger partial charge on any atom is 0.169 e. The number of aryl methyl sites for hydroxylation is 1. The summed E-state index contributed by atoms with van der Waals surface area (Å²) in [6.07, 6.45) is 4.39. The molecule has 2 unspecified atom stereocenters. The van der Waals surface area contributed by atoms with E-state index in [0.29, 0.717) is 29.0 Å². The predicted octanol–water partition coefficient (Wildman–Crippen LogP) is 3.71. The molecule has 2 aromatic rings. The van der Waals surface area contributed by atoms with Crippen molar-refractivity contribution in [2.45, 2.75) is 51.0 Å². The number of methoxy groups -OCH3 is 2. The van der Waals surface area contributed by atoms with Gasteiger partial charge < -0.3 is 29.9 Å². The molecule has 4 heterocycles. The lowest BCUT2D eigenvalue weighted by Gasteiger charge is -2.44. The van der Waals surface area contributed by atoms with Crippen molar-refractivity contribution in [2.75, 3.05) is 60.8 Å². The molecule has 0 aliphatic carbocycles. The fraction of sp³-hybridized carbons (Fsp3) is 0.600. The maximum absolute atomic E-state index is 6.13. The summed E-state index contributed by atoms with van der Waals surface area (Å²) in [5.41, 5.74) is 11.0. The Morgan fingerprint density at radius 2 is 1.62 bits per heavy atom. The van der Waals surface area contributed by atoms with Crippen molar-refractivity contribution >= 4 is 34.5 Å². The molecule has 184 valence electrons. The van der Waals surface area contributed by atoms with Gasteiger partial charge in [0.05, 0.1) is 5.69 Å². The Kier molecular flexibility index (Phi) is 6.73. The van der Waals surface area contributed by atoms with E-state index >= 15 is 0 Å². The van der Waals surface area contributed by atoms with Crippen molar-refractivity contribution in [3.05, 3.63) is 35.0 Å². The van der Waals surface area contributed by atoms with Crippen LogP contribution in [0.4, 0.5) is 22.9 Å². The molecule has 3 saturated heterocycles. The van der Waals surface area contributed by atoms with Gasteiger partial charge in [0.2, 0.25) is 0 Å². The summed E-state index contributed by atoms with van der Waals surface area (Å²) in [6.45, 7) is 6.08. The van der Waals surface area contributed by atoms with E-state index < -0.39 is 0 Å². The van der Waals surface area contributed by atoms with Crippen molar-refractivity contribution in [3.8, 4) is 0 Å². The average molecular weight is 487 g/mol. The van der Waals surface area contributed by atoms with Gasteiger partial charge in [-0.1, -0.05) is 17.7 Å². The Morgan fingerprint density at radius 1 is 0.941 bits per heavy atom. The van der Waals surface area contributed by atoms with Crippen LogP contribution in [0, 0.1) is 12.8 Å². The van der Waals surface area contributed by atoms with Gasteiger partial charge in [0.25, 0.3) is 0 Å². The van der Waals surface area contributed by atoms with Gasteiger partial charge in [0, 0.05) is 75.8 Å². The number of ether oxygens (including phenoxy) is 2. The third-order valence-corrected chi connectivity index (χ3v) is 8.00. The summed E-state index contributed by atoms with van der Waals surface area (Å²) in [4.78, 5) is 7.49. The van der Waals surface area contributed by atoms with Gasteiger partial charge in [-0.25, -0.2) is 0 Å². The van der Waals surface area contributed by atoms with Crippen LogP contribution in [-0.2, 0) is 9.47 Å². The minimum absolute atomic E-state index is 0.110. The summed E-state index contributed by atoms with van der Waals surface area (Å²) >= 11 is 6.11. The van der Waals surface area contributed by atoms with Crippen LogP contribution in [0.15, 0.2) is 24.3 Å². The molecule has 1 aromatic heterocycles. The number of halogens is 1. The van der Waals surface area contributed by atoms with Gasteiger partial charge in [-0.3, -0.25) is 0 Å². The van der Waals surface area contributed by atoms with Crippen LogP contribution in [0.25, 0.3) is 0 Å². The molecule has 34 heavy (non-hydrogen) atoms. The number of piperidine rings is 1. The van der Waals surface area contributed by atoms with E-state index in [1.807, 2.05) is 6.07 Å². The Bertz CT molecular complexity index is 997. The molecule has 9 heteroatoms. The second kappa shape index (κ2) is 9.76. The van der Waals surface area contributed by atoms with Gasteiger partial charge in [0.1, 0.15) is 0 Å². The zero-order valence-corrected chi connectivity index (χ0v) is 21.0. The maximum atomic E-state index is 6.13. The Morgan fingerprint density at radius 3 is 2.26 bits per heavy atom. The normalized spacial score (nSPS) is 23.3. The largest absolute Gasteiger partial charge is 0.380 e. The van der Waals surface area contributed by atoms with E-state index in [-0.39, 0.29) is 6.29 Å². The summed E-state index contributed by atoms with van der Waals surface area (Å²) in [6, 6.07) is 9.69. The highest BCUT2D eigenvalue weighted by Gasteiger charge is 2.41. The summed E-state index contributed by atoms with van der Waals surface area (Å²) in [7, 11) is 3.46. The molecule has 3 aliphatic rings. The fourth-order valence-electron chi connectivity index (χ4n) is 6.14. The number of fused-ring (bicyclic) bond motifs is 2. The average Bonchev–Trinajstić information content (AvgIpc) is 3.11. The van der Waals surface area contributed by atoms with Crippen LogP contribution in [0.1, 0.15) is 31.2 Å². The number of hydrogen-bond acceptors (Lipinski definition) is 8. The molecule has 8 nitrogen and oxygen atoms in total. The van der Waals surface area contributed by atoms with Gasteiger partial charge in [-0.05, 0) is 50.3 Å². The third kappa shape index (κ3) is 4.39. The van der Waals surface area contributed by atoms with Crippen molar-refractivity contribution in [3.63, 3.8) is 0 Å². The molecule has 0 saturated carbocycles. The monoisotopic (exact) mass is 486 g/mol. The molecular formula is C25H35ClN6O2. The highest BCUT2D eigenvalue weighted by atomic mass is 35.5. The van der Waals surface area contributed by atoms with Gasteiger partial charge in [-0.15, -0.1) is 10.2 Å². The second-order valence-corrected chi connectivity index (χ2v) is 10.2. The first kappa shape index (κ1) is 23.5. The van der Waals surface area contributed by atoms with E-state index in [0.717, 1.165) is 44.7 Å². The van der Waals surface area contributed by atoms with E-state index in [1.165, 1.54) is 29.8 Å². The lowest BCUT2D eigenvalue weighted by Crippen LogP contribution is -2.54. The number of hydrogen-bond donors (Lipinski definition) is 1. The zero-order valence-electron chi connectivity index (χ0n) is 20.3. The first-order valence-electron chi connectivity index (χ1n) is 12.2. The third-order valence-electron chi connectivity index (χ3n) is 7.82. The highest BCUT2D eigenvalue weighted by Crippen LogP contribution is 2.40. The van der Waals surface area contributed by atoms with Crippen LogP contribution in [0.5, 0.6) is 0 Å². The quantitative estimate of drug-likeness (QED) is 0.619. The smallest absolute Gasteiger partial charge is 0.169 e. The molecule has 2 bridgehead atoms. The second-order valence-electron chi connectivity index (χ2n) is 9.77. The minimum Gasteiger partial charge on any atom is -0.380 e. The van der Waals surface area contributed by atoms with Crippen molar-refractivity contribution < 1.29 is 9.47 Å². The van der Waals surface area contributed by atoms with E-state index in [9.17, 15) is 0 Å². The molecule has 5 rings (SSSR count). The van der Waals surface area contributed by atoms with Gasteiger partial charge >= 0.3 is 0 Å². The summed E-state index contributed by atoms with van der Waals surface area (Å²) < 4.78 is 11.0. The topological polar surface area (TPSA) is 80.0 Å². The number of benzene rings is 1. The molecule has 2 atom stereocenters. The Labute approximate surface area is 207 Å². The molecule has 0 radical (unpaired) electrons. The fourth-order valence-corrected chi connectivity index (χ4v) is 6.28. The molecule has 3 fully saturated rings. The lowest BCUT2D eigenvalue weighted by atomic mass is 9.95. The number of anilines is 4. The van der Waals surface area contributed by atoms with Crippen LogP contribution < -0.4 is 20.4 Å². The molecule has 1 aromatic carbocycles. The van der Waals surface area contributed by atoms with Crippen LogP contribution in [0.3, 0.4) is 0 Å². The van der Waals surface area contributed by atoms with E-state index in [1.54, 1.807) is 14.2 Å². The predicted molar refractivity (Wildman–Crippen MR) is 137 cm³/mol. The van der Waals surface area contributed by atoms with Crippen LogP contribution >= 0.6 is 11.6 Å². The summed E-state index contributed by atoms with van der Waals surface area (Å²) in [5.74, 6) is 0.893. The van der Waals surface area contributed by atoms with Crippen LogP contribution in [-0.4, -0.2) is 69.0 Å². The number of rotatable bonds is 6. The minimum atomic E-state index is -0.110. The Balaban J connectivity index is 1.32. The van der Waals surface area contributed by atoms with Crippen molar-refractivity contribution in [2.24, 2.45) is 5.92 Å². The number of piperazine rings is 1. The van der Waals surface area contributed by atoms with E-state index in [2.05, 4.69) is 50.0 Å². The molecular weight excluding hydrogens is 452 g/mol. The molecule has 0 spiro atoms.